The van der Waals surface area contributed by atoms with Gasteiger partial charge in [0, 0.05) is 49.6 Å². The van der Waals surface area contributed by atoms with Crippen LogP contribution < -0.4 is 9.47 Å². The summed E-state index contributed by atoms with van der Waals surface area (Å²) in [7, 11) is 0. The highest BCUT2D eigenvalue weighted by molar-refractivity contribution is 5.69. The quantitative estimate of drug-likeness (QED) is 0.0472. The van der Waals surface area contributed by atoms with Gasteiger partial charge in [-0.2, -0.15) is 10.1 Å². The molecule has 2 aromatic rings. The minimum absolute atomic E-state index is 0.144. The van der Waals surface area contributed by atoms with Crippen molar-refractivity contribution in [3.8, 4) is 11.5 Å². The monoisotopic (exact) mass is 1040 g/mol. The predicted molar refractivity (Wildman–Crippen MR) is 276 cm³/mol. The van der Waals surface area contributed by atoms with Gasteiger partial charge in [0.15, 0.2) is 11.6 Å². The number of carbonyl (C=O) groups excluding carboxylic acids is 2. The van der Waals surface area contributed by atoms with Crippen LogP contribution in [0.15, 0.2) is 48.5 Å². The Labute approximate surface area is 440 Å². The number of hydrogen-bond donors (Lipinski definition) is 0. The first-order chi connectivity index (χ1) is 35.4. The molecule has 0 bridgehead atoms. The van der Waals surface area contributed by atoms with Crippen molar-refractivity contribution in [2.24, 2.45) is 0 Å². The van der Waals surface area contributed by atoms with Crippen molar-refractivity contribution in [3.63, 3.8) is 0 Å². The summed E-state index contributed by atoms with van der Waals surface area (Å²) in [6, 6.07) is 16.2. The van der Waals surface area contributed by atoms with Crippen molar-refractivity contribution in [2.75, 3.05) is 52.9 Å². The van der Waals surface area contributed by atoms with Gasteiger partial charge in [-0.05, 0) is 115 Å². The molecule has 6 saturated heterocycles. The summed E-state index contributed by atoms with van der Waals surface area (Å²) in [5.74, 6) is -0.479. The first-order valence-electron chi connectivity index (χ1n) is 27.9. The maximum absolute atomic E-state index is 12.9. The van der Waals surface area contributed by atoms with Crippen molar-refractivity contribution in [1.29, 1.82) is 0 Å². The van der Waals surface area contributed by atoms with Crippen molar-refractivity contribution in [2.45, 2.75) is 229 Å². The number of epoxide rings is 2. The van der Waals surface area contributed by atoms with Crippen LogP contribution in [0.4, 0.5) is 0 Å². The summed E-state index contributed by atoms with van der Waals surface area (Å²) in [6.07, 6.45) is 8.77. The normalized spacial score (nSPS) is 29.5. The van der Waals surface area contributed by atoms with Crippen molar-refractivity contribution < 1.29 is 66.6 Å². The van der Waals surface area contributed by atoms with Crippen molar-refractivity contribution >= 4 is 11.9 Å². The highest BCUT2D eigenvalue weighted by atomic mass is 16.8. The van der Waals surface area contributed by atoms with E-state index in [0.717, 1.165) is 74.4 Å². The molecule has 0 aliphatic carbocycles. The Balaban J connectivity index is 0.707. The summed E-state index contributed by atoms with van der Waals surface area (Å²) < 4.78 is 60.1. The fourth-order valence-electron chi connectivity index (χ4n) is 12.1. The Morgan fingerprint density at radius 2 is 0.892 bits per heavy atom. The van der Waals surface area contributed by atoms with E-state index in [0.29, 0.717) is 77.8 Å². The Hall–Kier alpha value is -3.42. The lowest BCUT2D eigenvalue weighted by Gasteiger charge is -2.59. The molecule has 0 saturated carbocycles. The molecule has 74 heavy (non-hydrogen) atoms. The zero-order valence-corrected chi connectivity index (χ0v) is 46.2. The van der Waals surface area contributed by atoms with Crippen LogP contribution in [-0.2, 0) is 57.2 Å². The molecule has 0 N–H and O–H groups in total. The molecule has 8 unspecified atom stereocenters. The molecule has 0 amide bonds. The predicted octanol–water partition coefficient (Wildman–Crippen LogP) is 10.4. The van der Waals surface area contributed by atoms with Gasteiger partial charge in [0.2, 0.25) is 0 Å². The highest BCUT2D eigenvalue weighted by Crippen LogP contribution is 2.54. The molecule has 6 fully saturated rings. The van der Waals surface area contributed by atoms with E-state index in [-0.39, 0.29) is 72.9 Å². The van der Waals surface area contributed by atoms with Crippen LogP contribution >= 0.6 is 0 Å². The second kappa shape index (κ2) is 24.1. The smallest absolute Gasteiger partial charge is 0.305 e. The van der Waals surface area contributed by atoms with Gasteiger partial charge in [-0.25, -0.2) is 0 Å². The van der Waals surface area contributed by atoms with Crippen molar-refractivity contribution in [3.05, 3.63) is 59.7 Å². The van der Waals surface area contributed by atoms with Gasteiger partial charge >= 0.3 is 11.9 Å². The summed E-state index contributed by atoms with van der Waals surface area (Å²) >= 11 is 0. The molecule has 0 radical (unpaired) electrons. The van der Waals surface area contributed by atoms with E-state index in [2.05, 4.69) is 104 Å². The number of piperidine rings is 2. The number of hydroxylamine groups is 4. The number of ether oxygens (including phenoxy) is 10. The number of esters is 2. The summed E-state index contributed by atoms with van der Waals surface area (Å²) in [5.41, 5.74) is 0.621. The van der Waals surface area contributed by atoms with E-state index >= 15 is 0 Å². The average Bonchev–Trinajstić information content (AvgIpc) is 4.33. The lowest BCUT2D eigenvalue weighted by Crippen LogP contribution is -2.67. The molecule has 6 heterocycles. The molecule has 2 aromatic carbocycles. The van der Waals surface area contributed by atoms with Gasteiger partial charge in [0.25, 0.3) is 0 Å². The molecule has 6 aliphatic rings. The first-order valence-corrected chi connectivity index (χ1v) is 27.9. The summed E-state index contributed by atoms with van der Waals surface area (Å²) in [6.45, 7) is 25.4. The maximum Gasteiger partial charge on any atom is 0.305 e. The zero-order chi connectivity index (χ0) is 52.8. The molecule has 8 atom stereocenters. The van der Waals surface area contributed by atoms with E-state index in [1.54, 1.807) is 0 Å². The van der Waals surface area contributed by atoms with Crippen LogP contribution in [0.2, 0.25) is 0 Å². The highest BCUT2D eigenvalue weighted by Gasteiger charge is 2.61. The van der Waals surface area contributed by atoms with Gasteiger partial charge in [-0.1, -0.05) is 64.8 Å². The minimum Gasteiger partial charge on any atom is -0.491 e. The van der Waals surface area contributed by atoms with Crippen LogP contribution in [-0.4, -0.2) is 133 Å². The van der Waals surface area contributed by atoms with E-state index in [9.17, 15) is 9.59 Å². The fraction of sp³-hybridized carbons (Fsp3) is 0.759. The van der Waals surface area contributed by atoms with Gasteiger partial charge in [-0.3, -0.25) is 19.3 Å². The van der Waals surface area contributed by atoms with E-state index < -0.39 is 22.7 Å². The topological polar surface area (TPSA) is 158 Å². The average molecular weight is 1040 g/mol. The number of nitrogens with zero attached hydrogens (tertiary/aromatic N) is 2. The zero-order valence-electron chi connectivity index (χ0n) is 46.2. The van der Waals surface area contributed by atoms with Gasteiger partial charge in [-0.15, -0.1) is 0 Å². The Bertz CT molecular complexity index is 1970. The van der Waals surface area contributed by atoms with Crippen LogP contribution in [0.3, 0.4) is 0 Å². The number of unbranched alkanes of at least 4 members (excludes halogenated alkanes) is 3. The third kappa shape index (κ3) is 14.0. The standard InChI is InChI=1S/C58H88N2O14/c1-11-55(12-2)39-57(37-53(7,8)59(55)73-41(5)43-21-25-45(26-22-43)63-29-47-31-65-47)69-35-49(71-57)33-67-51(61)19-17-15-16-18-20-52(62)68-34-50-36-70-58(72-50)38-54(9,10)60(56(13-3,14-4)40-58)74-42(6)44-23-27-46(28-24-44)64-30-48-32-66-48/h21-28,41-42,47-50H,11-20,29-40H2,1-10H3. The second-order valence-electron chi connectivity index (χ2n) is 23.2. The number of rotatable bonds is 27. The van der Waals surface area contributed by atoms with Crippen LogP contribution in [0.1, 0.15) is 182 Å². The minimum atomic E-state index is -0.807. The van der Waals surface area contributed by atoms with Gasteiger partial charge in [0.1, 0.15) is 74.6 Å². The van der Waals surface area contributed by atoms with Crippen LogP contribution in [0.25, 0.3) is 0 Å². The molecule has 6 aliphatic heterocycles. The Morgan fingerprint density at radius 3 is 1.23 bits per heavy atom. The molecule has 8 rings (SSSR count). The third-order valence-electron chi connectivity index (χ3n) is 16.3. The lowest BCUT2D eigenvalue weighted by atomic mass is 9.73. The third-order valence-corrected chi connectivity index (χ3v) is 16.3. The van der Waals surface area contributed by atoms with E-state index in [1.807, 2.05) is 24.3 Å². The molecular formula is C58H88N2O14. The number of carbonyl (C=O) groups is 2. The largest absolute Gasteiger partial charge is 0.491 e. The number of benzene rings is 2. The number of hydrogen-bond acceptors (Lipinski definition) is 16. The van der Waals surface area contributed by atoms with Gasteiger partial charge in [0.05, 0.1) is 37.5 Å². The summed E-state index contributed by atoms with van der Waals surface area (Å²) in [5, 5.41) is 4.42. The Kier molecular flexibility index (Phi) is 18.5. The Morgan fingerprint density at radius 1 is 0.527 bits per heavy atom. The van der Waals surface area contributed by atoms with Crippen molar-refractivity contribution in [1.82, 2.24) is 10.1 Å². The SMILES string of the molecule is CCC1(CC)CC2(CC(C)(C)N1OC(C)c1ccc(OCC3CO3)cc1)OCC(COC(=O)CCCCCCC(=O)OCC1COC3(CC(C)(C)N(OC(C)c4ccc(OCC5CO5)cc4)C(CC)(CC)C3)O1)O2. The summed E-state index contributed by atoms with van der Waals surface area (Å²) in [4.78, 5) is 39.5. The fourth-order valence-corrected chi connectivity index (χ4v) is 12.1. The molecular weight excluding hydrogens is 949 g/mol. The molecule has 0 aromatic heterocycles. The van der Waals surface area contributed by atoms with Gasteiger partial charge < -0.3 is 47.4 Å². The molecule has 2 spiro atoms. The molecule has 414 valence electrons. The van der Waals surface area contributed by atoms with E-state index in [4.69, 9.17) is 57.0 Å². The first kappa shape index (κ1) is 56.8. The second-order valence-corrected chi connectivity index (χ2v) is 23.2. The molecule has 16 heteroatoms. The molecule has 16 nitrogen and oxygen atoms in total. The maximum atomic E-state index is 12.9. The van der Waals surface area contributed by atoms with Crippen LogP contribution in [0.5, 0.6) is 11.5 Å². The van der Waals surface area contributed by atoms with Crippen LogP contribution in [0, 0.1) is 0 Å². The lowest BCUT2D eigenvalue weighted by molar-refractivity contribution is -0.360. The van der Waals surface area contributed by atoms with E-state index in [1.165, 1.54) is 0 Å².